The molecule has 1 aliphatic heterocycles. The maximum atomic E-state index is 13.5. The smallest absolute Gasteiger partial charge is 0.266 e. The number of fused-ring (bicyclic) bond motifs is 2. The third kappa shape index (κ3) is 4.52. The van der Waals surface area contributed by atoms with Gasteiger partial charge in [-0.15, -0.1) is 0 Å². The first-order valence-electron chi connectivity index (χ1n) is 11.9. The van der Waals surface area contributed by atoms with Gasteiger partial charge in [-0.2, -0.15) is 0 Å². The molecule has 0 spiro atoms. The number of carbonyl (C=O) groups is 2. The number of nitrogens with zero attached hydrogens (tertiary/aromatic N) is 3. The standard InChI is InChI=1S/C28H26N4O3S/c1-3-18(2)19-12-14-20(15-13-19)32-27(35)21-8-4-5-9-22(21)30-28(32)36-17-26(34)31-16-25(33)29-23-10-6-7-11-24(23)31/h4-15,18H,3,16-17H2,1-2H3,(H,29,33)/t18-/m0/s1. The number of aromatic nitrogens is 2. The molecule has 4 aromatic rings. The van der Waals surface area contributed by atoms with Crippen molar-refractivity contribution in [1.29, 1.82) is 0 Å². The van der Waals surface area contributed by atoms with E-state index >= 15 is 0 Å². The quantitative estimate of drug-likeness (QED) is 0.300. The summed E-state index contributed by atoms with van der Waals surface area (Å²) in [7, 11) is 0. The average molecular weight is 499 g/mol. The Morgan fingerprint density at radius 2 is 1.75 bits per heavy atom. The fraction of sp³-hybridized carbons (Fsp3) is 0.214. The topological polar surface area (TPSA) is 84.3 Å². The number of amides is 2. The molecule has 1 atom stereocenters. The molecule has 0 saturated carbocycles. The Bertz CT molecular complexity index is 1510. The Morgan fingerprint density at radius 3 is 2.53 bits per heavy atom. The zero-order chi connectivity index (χ0) is 25.2. The van der Waals surface area contributed by atoms with E-state index in [1.165, 1.54) is 22.2 Å². The van der Waals surface area contributed by atoms with Crippen LogP contribution >= 0.6 is 11.8 Å². The molecule has 8 heteroatoms. The van der Waals surface area contributed by atoms with Crippen molar-refractivity contribution in [3.8, 4) is 5.69 Å². The number of carbonyl (C=O) groups excluding carboxylic acids is 2. The van der Waals surface area contributed by atoms with E-state index in [1.807, 2.05) is 48.5 Å². The summed E-state index contributed by atoms with van der Waals surface area (Å²) in [4.78, 5) is 45.2. The van der Waals surface area contributed by atoms with Crippen molar-refractivity contribution < 1.29 is 9.59 Å². The zero-order valence-electron chi connectivity index (χ0n) is 20.1. The van der Waals surface area contributed by atoms with E-state index in [0.29, 0.717) is 39.0 Å². The van der Waals surface area contributed by atoms with Gasteiger partial charge in [0.1, 0.15) is 6.54 Å². The third-order valence-corrected chi connectivity index (χ3v) is 7.40. The zero-order valence-corrected chi connectivity index (χ0v) is 20.9. The fourth-order valence-electron chi connectivity index (χ4n) is 4.28. The molecule has 0 aliphatic carbocycles. The lowest BCUT2D eigenvalue weighted by Gasteiger charge is -2.29. The van der Waals surface area contributed by atoms with E-state index in [2.05, 4.69) is 19.2 Å². The largest absolute Gasteiger partial charge is 0.323 e. The fourth-order valence-corrected chi connectivity index (χ4v) is 5.17. The minimum Gasteiger partial charge on any atom is -0.323 e. The van der Waals surface area contributed by atoms with E-state index < -0.39 is 0 Å². The van der Waals surface area contributed by atoms with Gasteiger partial charge in [-0.25, -0.2) is 4.98 Å². The monoisotopic (exact) mass is 498 g/mol. The first kappa shape index (κ1) is 23.8. The van der Waals surface area contributed by atoms with Gasteiger partial charge in [-0.3, -0.25) is 19.0 Å². The molecular weight excluding hydrogens is 472 g/mol. The number of benzene rings is 3. The van der Waals surface area contributed by atoms with Crippen LogP contribution in [0.2, 0.25) is 0 Å². The predicted octanol–water partition coefficient (Wildman–Crippen LogP) is 4.98. The second-order valence-corrected chi connectivity index (χ2v) is 9.73. The summed E-state index contributed by atoms with van der Waals surface area (Å²) in [6, 6.07) is 22.4. The first-order chi connectivity index (χ1) is 17.5. The maximum Gasteiger partial charge on any atom is 0.266 e. The van der Waals surface area contributed by atoms with Crippen LogP contribution in [0, 0.1) is 0 Å². The van der Waals surface area contributed by atoms with Crippen LogP contribution in [0.5, 0.6) is 0 Å². The minimum atomic E-state index is -0.241. The van der Waals surface area contributed by atoms with Gasteiger partial charge in [0.2, 0.25) is 11.8 Å². The van der Waals surface area contributed by atoms with Crippen LogP contribution < -0.4 is 15.8 Å². The van der Waals surface area contributed by atoms with Crippen LogP contribution in [-0.2, 0) is 9.59 Å². The van der Waals surface area contributed by atoms with Crippen LogP contribution in [0.4, 0.5) is 11.4 Å². The number of thioether (sulfide) groups is 1. The van der Waals surface area contributed by atoms with E-state index in [9.17, 15) is 14.4 Å². The molecule has 36 heavy (non-hydrogen) atoms. The van der Waals surface area contributed by atoms with Crippen LogP contribution in [-0.4, -0.2) is 33.7 Å². The van der Waals surface area contributed by atoms with Gasteiger partial charge in [0, 0.05) is 0 Å². The third-order valence-electron chi connectivity index (χ3n) is 6.47. The van der Waals surface area contributed by atoms with Gasteiger partial charge >= 0.3 is 0 Å². The number of para-hydroxylation sites is 3. The number of hydrogen-bond donors (Lipinski definition) is 1. The van der Waals surface area contributed by atoms with Gasteiger partial charge in [-0.1, -0.05) is 62.0 Å². The van der Waals surface area contributed by atoms with Crippen LogP contribution in [0.1, 0.15) is 31.7 Å². The van der Waals surface area contributed by atoms with Gasteiger partial charge in [0.05, 0.1) is 33.7 Å². The number of rotatable bonds is 6. The first-order valence-corrected chi connectivity index (χ1v) is 12.9. The lowest BCUT2D eigenvalue weighted by molar-refractivity contribution is -0.120. The molecule has 1 aromatic heterocycles. The van der Waals surface area contributed by atoms with E-state index in [-0.39, 0.29) is 29.7 Å². The van der Waals surface area contributed by atoms with Gasteiger partial charge in [-0.05, 0) is 54.3 Å². The lowest BCUT2D eigenvalue weighted by Crippen LogP contribution is -2.43. The van der Waals surface area contributed by atoms with E-state index in [0.717, 1.165) is 6.42 Å². The second kappa shape index (κ2) is 9.99. The van der Waals surface area contributed by atoms with Crippen molar-refractivity contribution in [2.45, 2.75) is 31.3 Å². The summed E-state index contributed by atoms with van der Waals surface area (Å²) in [6.07, 6.45) is 1.03. The highest BCUT2D eigenvalue weighted by Crippen LogP contribution is 2.30. The van der Waals surface area contributed by atoms with Crippen LogP contribution in [0.25, 0.3) is 16.6 Å². The molecular formula is C28H26N4O3S. The highest BCUT2D eigenvalue weighted by Gasteiger charge is 2.27. The van der Waals surface area contributed by atoms with E-state index in [1.54, 1.807) is 28.8 Å². The summed E-state index contributed by atoms with van der Waals surface area (Å²) in [6.45, 7) is 4.27. The van der Waals surface area contributed by atoms with Crippen molar-refractivity contribution in [3.05, 3.63) is 88.7 Å². The highest BCUT2D eigenvalue weighted by atomic mass is 32.2. The normalized spacial score (nSPS) is 13.8. The lowest BCUT2D eigenvalue weighted by atomic mass is 9.98. The summed E-state index contributed by atoms with van der Waals surface area (Å²) in [5.74, 6) is -0.0312. The minimum absolute atomic E-state index is 0.0251. The Labute approximate surface area is 213 Å². The van der Waals surface area contributed by atoms with Crippen molar-refractivity contribution >= 4 is 45.9 Å². The van der Waals surface area contributed by atoms with Gasteiger partial charge in [0.15, 0.2) is 5.16 Å². The SMILES string of the molecule is CC[C@H](C)c1ccc(-n2c(SCC(=O)N3CC(=O)Nc4ccccc43)nc3ccccc3c2=O)cc1. The molecule has 1 aliphatic rings. The van der Waals surface area contributed by atoms with Crippen LogP contribution in [0.15, 0.2) is 82.7 Å². The van der Waals surface area contributed by atoms with Crippen molar-refractivity contribution in [2.24, 2.45) is 0 Å². The molecule has 3 aromatic carbocycles. The highest BCUT2D eigenvalue weighted by molar-refractivity contribution is 7.99. The molecule has 2 amide bonds. The molecule has 0 saturated heterocycles. The summed E-state index contributed by atoms with van der Waals surface area (Å²) >= 11 is 1.19. The maximum absolute atomic E-state index is 13.5. The number of anilines is 2. The van der Waals surface area contributed by atoms with Gasteiger partial charge < -0.3 is 10.2 Å². The van der Waals surface area contributed by atoms with Gasteiger partial charge in [0.25, 0.3) is 5.56 Å². The summed E-state index contributed by atoms with van der Waals surface area (Å²) < 4.78 is 1.57. The molecule has 0 radical (unpaired) electrons. The molecule has 0 unspecified atom stereocenters. The molecule has 5 rings (SSSR count). The van der Waals surface area contributed by atoms with E-state index in [4.69, 9.17) is 4.98 Å². The Balaban J connectivity index is 1.50. The van der Waals surface area contributed by atoms with Crippen LogP contribution in [0.3, 0.4) is 0 Å². The van der Waals surface area contributed by atoms with Crippen molar-refractivity contribution in [1.82, 2.24) is 9.55 Å². The summed E-state index contributed by atoms with van der Waals surface area (Å²) in [5.41, 5.74) is 3.56. The Morgan fingerprint density at radius 1 is 1.03 bits per heavy atom. The molecule has 7 nitrogen and oxygen atoms in total. The molecule has 2 heterocycles. The molecule has 0 fully saturated rings. The molecule has 0 bridgehead atoms. The average Bonchev–Trinajstić information content (AvgIpc) is 2.91. The number of nitrogens with one attached hydrogen (secondary N) is 1. The van der Waals surface area contributed by atoms with Crippen molar-refractivity contribution in [2.75, 3.05) is 22.5 Å². The molecule has 1 N–H and O–H groups in total. The predicted molar refractivity (Wildman–Crippen MR) is 144 cm³/mol. The van der Waals surface area contributed by atoms with Crippen molar-refractivity contribution in [3.63, 3.8) is 0 Å². The summed E-state index contributed by atoms with van der Waals surface area (Å²) in [5, 5.41) is 3.74. The Hall–Kier alpha value is -3.91. The second-order valence-electron chi connectivity index (χ2n) is 8.79. The molecule has 182 valence electrons. The number of hydrogen-bond acceptors (Lipinski definition) is 5. The Kier molecular flexibility index (Phi) is 6.61.